The van der Waals surface area contributed by atoms with Crippen LogP contribution in [0, 0.1) is 0 Å². The van der Waals surface area contributed by atoms with E-state index in [0.717, 1.165) is 5.56 Å². The fraction of sp³-hybridized carbons (Fsp3) is 0.381. The van der Waals surface area contributed by atoms with Crippen molar-refractivity contribution in [2.75, 3.05) is 11.9 Å². The third-order valence-electron chi connectivity index (χ3n) is 3.74. The summed E-state index contributed by atoms with van der Waals surface area (Å²) in [7, 11) is 0. The number of ether oxygens (including phenoxy) is 2. The van der Waals surface area contributed by atoms with Crippen LogP contribution in [-0.4, -0.2) is 41.2 Å². The molecule has 0 aliphatic carbocycles. The minimum absolute atomic E-state index is 0.224. The number of H-pyrrole nitrogens is 1. The second-order valence-corrected chi connectivity index (χ2v) is 7.40. The van der Waals surface area contributed by atoms with Crippen molar-refractivity contribution in [3.05, 3.63) is 53.9 Å². The lowest BCUT2D eigenvalue weighted by Crippen LogP contribution is -2.47. The van der Waals surface area contributed by atoms with E-state index < -0.39 is 29.6 Å². The van der Waals surface area contributed by atoms with Crippen molar-refractivity contribution in [1.82, 2.24) is 10.3 Å². The van der Waals surface area contributed by atoms with Gasteiger partial charge in [-0.15, -0.1) is 0 Å². The van der Waals surface area contributed by atoms with Crippen molar-refractivity contribution >= 4 is 23.7 Å². The predicted molar refractivity (Wildman–Crippen MR) is 109 cm³/mol. The van der Waals surface area contributed by atoms with Gasteiger partial charge in [0.2, 0.25) is 5.91 Å². The van der Waals surface area contributed by atoms with E-state index in [1.54, 1.807) is 27.7 Å². The Balaban J connectivity index is 2.11. The van der Waals surface area contributed by atoms with Crippen LogP contribution in [0.3, 0.4) is 0 Å². The average molecular weight is 401 g/mol. The van der Waals surface area contributed by atoms with Gasteiger partial charge in [-0.2, -0.15) is 0 Å². The summed E-state index contributed by atoms with van der Waals surface area (Å²) in [5.74, 6) is -0.949. The van der Waals surface area contributed by atoms with Crippen molar-refractivity contribution < 1.29 is 23.9 Å². The molecule has 0 fully saturated rings. The van der Waals surface area contributed by atoms with E-state index in [1.807, 2.05) is 30.3 Å². The van der Waals surface area contributed by atoms with Gasteiger partial charge in [-0.1, -0.05) is 30.3 Å². The second-order valence-electron chi connectivity index (χ2n) is 7.40. The minimum Gasteiger partial charge on any atom is -0.461 e. The van der Waals surface area contributed by atoms with Gasteiger partial charge in [0.05, 0.1) is 12.3 Å². The van der Waals surface area contributed by atoms with Gasteiger partial charge in [0.25, 0.3) is 0 Å². The summed E-state index contributed by atoms with van der Waals surface area (Å²) in [6.45, 7) is 7.19. The molecule has 29 heavy (non-hydrogen) atoms. The van der Waals surface area contributed by atoms with Crippen molar-refractivity contribution in [2.45, 2.75) is 45.8 Å². The van der Waals surface area contributed by atoms with E-state index in [0.29, 0.717) is 5.69 Å². The predicted octanol–water partition coefficient (Wildman–Crippen LogP) is 3.27. The van der Waals surface area contributed by atoms with Crippen molar-refractivity contribution in [1.29, 1.82) is 0 Å². The Kier molecular flexibility index (Phi) is 7.41. The van der Waals surface area contributed by atoms with Crippen molar-refractivity contribution in [3.63, 3.8) is 0 Å². The maximum absolute atomic E-state index is 12.8. The lowest BCUT2D eigenvalue weighted by molar-refractivity contribution is -0.118. The van der Waals surface area contributed by atoms with Gasteiger partial charge >= 0.3 is 12.1 Å². The Morgan fingerprint density at radius 1 is 1.14 bits per heavy atom. The molecular formula is C21H27N3O5. The number of carbonyl (C=O) groups excluding carboxylic acids is 3. The van der Waals surface area contributed by atoms with E-state index in [4.69, 9.17) is 9.47 Å². The SMILES string of the molecule is CCOC(=O)c1cc(NC(=O)C(Cc2ccccc2)NC(=O)OC(C)(C)C)c[nH]1. The number of alkyl carbamates (subject to hydrolysis) is 1. The summed E-state index contributed by atoms with van der Waals surface area (Å²) < 4.78 is 10.2. The van der Waals surface area contributed by atoms with Gasteiger partial charge in [0.15, 0.2) is 0 Å². The molecule has 0 saturated carbocycles. The lowest BCUT2D eigenvalue weighted by atomic mass is 10.1. The number of hydrogen-bond donors (Lipinski definition) is 3. The van der Waals surface area contributed by atoms with Crippen LogP contribution in [-0.2, 0) is 20.7 Å². The molecule has 0 aliphatic rings. The van der Waals surface area contributed by atoms with Crippen LogP contribution in [0.2, 0.25) is 0 Å². The highest BCUT2D eigenvalue weighted by Crippen LogP contribution is 2.13. The molecule has 0 aliphatic heterocycles. The number of nitrogens with one attached hydrogen (secondary N) is 3. The summed E-state index contributed by atoms with van der Waals surface area (Å²) in [4.78, 5) is 39.5. The number of benzene rings is 1. The van der Waals surface area contributed by atoms with Crippen LogP contribution in [0.4, 0.5) is 10.5 Å². The van der Waals surface area contributed by atoms with Crippen LogP contribution < -0.4 is 10.6 Å². The van der Waals surface area contributed by atoms with E-state index in [9.17, 15) is 14.4 Å². The first kappa shape index (κ1) is 22.0. The van der Waals surface area contributed by atoms with Gasteiger partial charge in [0.1, 0.15) is 17.3 Å². The van der Waals surface area contributed by atoms with Crippen molar-refractivity contribution in [2.24, 2.45) is 0 Å². The zero-order chi connectivity index (χ0) is 21.4. The number of aromatic amines is 1. The summed E-state index contributed by atoms with van der Waals surface area (Å²) in [5.41, 5.74) is 0.807. The summed E-state index contributed by atoms with van der Waals surface area (Å²) in [6, 6.07) is 9.93. The largest absolute Gasteiger partial charge is 0.461 e. The molecule has 1 aromatic carbocycles. The molecule has 0 radical (unpaired) electrons. The van der Waals surface area contributed by atoms with E-state index >= 15 is 0 Å². The van der Waals surface area contributed by atoms with Gasteiger partial charge in [0, 0.05) is 12.6 Å². The molecule has 8 heteroatoms. The zero-order valence-corrected chi connectivity index (χ0v) is 17.1. The highest BCUT2D eigenvalue weighted by molar-refractivity contribution is 5.98. The molecule has 1 aromatic heterocycles. The maximum Gasteiger partial charge on any atom is 0.408 e. The lowest BCUT2D eigenvalue weighted by Gasteiger charge is -2.23. The van der Waals surface area contributed by atoms with Crippen LogP contribution in [0.25, 0.3) is 0 Å². The van der Waals surface area contributed by atoms with E-state index in [1.165, 1.54) is 12.3 Å². The van der Waals surface area contributed by atoms with Gasteiger partial charge in [-0.25, -0.2) is 9.59 Å². The fourth-order valence-electron chi connectivity index (χ4n) is 2.53. The van der Waals surface area contributed by atoms with Gasteiger partial charge in [-0.3, -0.25) is 4.79 Å². The average Bonchev–Trinajstić information content (AvgIpc) is 3.09. The Bertz CT molecular complexity index is 840. The van der Waals surface area contributed by atoms with E-state index in [2.05, 4.69) is 15.6 Å². The van der Waals surface area contributed by atoms with Gasteiger partial charge < -0.3 is 25.1 Å². The number of amides is 2. The molecule has 3 N–H and O–H groups in total. The third kappa shape index (κ3) is 7.33. The molecule has 0 spiro atoms. The number of rotatable bonds is 7. The fourth-order valence-corrected chi connectivity index (χ4v) is 2.53. The minimum atomic E-state index is -0.867. The molecule has 0 bridgehead atoms. The first-order valence-electron chi connectivity index (χ1n) is 9.38. The molecule has 2 amide bonds. The van der Waals surface area contributed by atoms with Crippen molar-refractivity contribution in [3.8, 4) is 0 Å². The normalized spacial score (nSPS) is 12.0. The quantitative estimate of drug-likeness (QED) is 0.617. The summed E-state index contributed by atoms with van der Waals surface area (Å²) in [5, 5.41) is 5.32. The Morgan fingerprint density at radius 3 is 2.45 bits per heavy atom. The zero-order valence-electron chi connectivity index (χ0n) is 17.1. The number of esters is 1. The molecule has 156 valence electrons. The highest BCUT2D eigenvalue weighted by atomic mass is 16.6. The Morgan fingerprint density at radius 2 is 1.83 bits per heavy atom. The molecule has 1 heterocycles. The summed E-state index contributed by atoms with van der Waals surface area (Å²) >= 11 is 0. The molecular weight excluding hydrogens is 374 g/mol. The van der Waals surface area contributed by atoms with Crippen LogP contribution in [0.1, 0.15) is 43.7 Å². The maximum atomic E-state index is 12.8. The number of carbonyl (C=O) groups is 3. The monoisotopic (exact) mass is 401 g/mol. The van der Waals surface area contributed by atoms with Gasteiger partial charge in [-0.05, 0) is 39.3 Å². The Hall–Kier alpha value is -3.29. The Labute approximate surface area is 170 Å². The molecule has 1 unspecified atom stereocenters. The van der Waals surface area contributed by atoms with Crippen LogP contribution in [0.15, 0.2) is 42.6 Å². The number of hydrogen-bond acceptors (Lipinski definition) is 5. The topological polar surface area (TPSA) is 110 Å². The number of aromatic nitrogens is 1. The van der Waals surface area contributed by atoms with E-state index in [-0.39, 0.29) is 18.7 Å². The van der Waals surface area contributed by atoms with Crippen LogP contribution >= 0.6 is 0 Å². The van der Waals surface area contributed by atoms with Crippen LogP contribution in [0.5, 0.6) is 0 Å². The highest BCUT2D eigenvalue weighted by Gasteiger charge is 2.25. The smallest absolute Gasteiger partial charge is 0.408 e. The second kappa shape index (κ2) is 9.77. The number of anilines is 1. The molecule has 1 atom stereocenters. The molecule has 0 saturated heterocycles. The molecule has 8 nitrogen and oxygen atoms in total. The summed E-state index contributed by atoms with van der Waals surface area (Å²) in [6.07, 6.45) is 1.08. The third-order valence-corrected chi connectivity index (χ3v) is 3.74. The first-order chi connectivity index (χ1) is 13.7. The molecule has 2 aromatic rings. The standard InChI is InChI=1S/C21H27N3O5/c1-5-28-19(26)17-12-15(13-22-17)23-18(25)16(11-14-9-7-6-8-10-14)24-20(27)29-21(2,3)4/h6-10,12-13,16,22H,5,11H2,1-4H3,(H,23,25)(H,24,27). The molecule has 2 rings (SSSR count). The first-order valence-corrected chi connectivity index (χ1v) is 9.38.